The van der Waals surface area contributed by atoms with E-state index in [9.17, 15) is 9.59 Å². The molecule has 0 aliphatic carbocycles. The van der Waals surface area contributed by atoms with Crippen LogP contribution in [0.2, 0.25) is 10.0 Å². The zero-order valence-corrected chi connectivity index (χ0v) is 14.9. The van der Waals surface area contributed by atoms with Gasteiger partial charge in [-0.15, -0.1) is 0 Å². The number of halogens is 2. The maximum absolute atomic E-state index is 12.4. The van der Waals surface area contributed by atoms with Crippen LogP contribution in [0.25, 0.3) is 0 Å². The Morgan fingerprint density at radius 2 is 1.67 bits per heavy atom. The van der Waals surface area contributed by atoms with Crippen molar-refractivity contribution in [2.24, 2.45) is 0 Å². The van der Waals surface area contributed by atoms with E-state index in [0.29, 0.717) is 15.7 Å². The minimum atomic E-state index is -0.431. The minimum Gasteiger partial charge on any atom is -0.349 e. The molecule has 0 bridgehead atoms. The highest BCUT2D eigenvalue weighted by atomic mass is 35.5. The number of rotatable bonds is 5. The van der Waals surface area contributed by atoms with E-state index in [1.165, 1.54) is 6.92 Å². The molecule has 6 heteroatoms. The van der Waals surface area contributed by atoms with Gasteiger partial charge in [0.2, 0.25) is 11.8 Å². The van der Waals surface area contributed by atoms with Gasteiger partial charge in [0, 0.05) is 22.7 Å². The summed E-state index contributed by atoms with van der Waals surface area (Å²) in [4.78, 5) is 23.8. The largest absolute Gasteiger partial charge is 0.349 e. The van der Waals surface area contributed by atoms with Gasteiger partial charge in [-0.1, -0.05) is 41.4 Å². The standard InChI is InChI=1S/C18H18Cl2N2O2/c1-11-3-6-15(20)9-16(11)22-18(24)10-17(21-12(2)23)13-4-7-14(19)8-5-13/h3-9,17H,10H2,1-2H3,(H,21,23)(H,22,24). The van der Waals surface area contributed by atoms with Crippen molar-refractivity contribution in [3.8, 4) is 0 Å². The van der Waals surface area contributed by atoms with Crippen molar-refractivity contribution in [3.63, 3.8) is 0 Å². The van der Waals surface area contributed by atoms with E-state index in [-0.39, 0.29) is 18.2 Å². The summed E-state index contributed by atoms with van der Waals surface area (Å²) in [5.74, 6) is -0.421. The monoisotopic (exact) mass is 364 g/mol. The number of aryl methyl sites for hydroxylation is 1. The third-order valence-electron chi connectivity index (χ3n) is 3.51. The maximum Gasteiger partial charge on any atom is 0.226 e. The molecule has 0 spiro atoms. The van der Waals surface area contributed by atoms with Gasteiger partial charge in [-0.2, -0.15) is 0 Å². The molecular weight excluding hydrogens is 347 g/mol. The van der Waals surface area contributed by atoms with Crippen molar-refractivity contribution >= 4 is 40.7 Å². The highest BCUT2D eigenvalue weighted by Crippen LogP contribution is 2.23. The molecule has 2 amide bonds. The van der Waals surface area contributed by atoms with Crippen LogP contribution >= 0.6 is 23.2 Å². The predicted molar refractivity (Wildman–Crippen MR) is 97.4 cm³/mol. The van der Waals surface area contributed by atoms with Crippen molar-refractivity contribution in [2.75, 3.05) is 5.32 Å². The van der Waals surface area contributed by atoms with Crippen molar-refractivity contribution in [1.29, 1.82) is 0 Å². The van der Waals surface area contributed by atoms with Crippen LogP contribution in [-0.4, -0.2) is 11.8 Å². The highest BCUT2D eigenvalue weighted by Gasteiger charge is 2.17. The van der Waals surface area contributed by atoms with Crippen LogP contribution in [0, 0.1) is 6.92 Å². The summed E-state index contributed by atoms with van der Waals surface area (Å²) < 4.78 is 0. The van der Waals surface area contributed by atoms with Crippen LogP contribution in [0.1, 0.15) is 30.5 Å². The maximum atomic E-state index is 12.4. The summed E-state index contributed by atoms with van der Waals surface area (Å²) in [6.45, 7) is 3.30. The van der Waals surface area contributed by atoms with Gasteiger partial charge in [0.05, 0.1) is 12.5 Å². The van der Waals surface area contributed by atoms with Gasteiger partial charge < -0.3 is 10.6 Å². The fraction of sp³-hybridized carbons (Fsp3) is 0.222. The summed E-state index contributed by atoms with van der Waals surface area (Å²) in [5.41, 5.74) is 2.38. The van der Waals surface area contributed by atoms with Gasteiger partial charge in [-0.25, -0.2) is 0 Å². The first-order chi connectivity index (χ1) is 11.3. The average molecular weight is 365 g/mol. The van der Waals surface area contributed by atoms with E-state index in [1.54, 1.807) is 36.4 Å². The number of hydrogen-bond acceptors (Lipinski definition) is 2. The predicted octanol–water partition coefficient (Wildman–Crippen LogP) is 4.51. The molecule has 0 aromatic heterocycles. The van der Waals surface area contributed by atoms with Gasteiger partial charge in [0.25, 0.3) is 0 Å². The fourth-order valence-electron chi connectivity index (χ4n) is 2.31. The van der Waals surface area contributed by atoms with E-state index < -0.39 is 6.04 Å². The van der Waals surface area contributed by atoms with Crippen LogP contribution in [0.3, 0.4) is 0 Å². The SMILES string of the molecule is CC(=O)NC(CC(=O)Nc1cc(Cl)ccc1C)c1ccc(Cl)cc1. The lowest BCUT2D eigenvalue weighted by Gasteiger charge is -2.18. The number of amides is 2. The Bertz CT molecular complexity index is 745. The van der Waals surface area contributed by atoms with E-state index >= 15 is 0 Å². The topological polar surface area (TPSA) is 58.2 Å². The number of hydrogen-bond donors (Lipinski definition) is 2. The van der Waals surface area contributed by atoms with Crippen LogP contribution in [0.4, 0.5) is 5.69 Å². The van der Waals surface area contributed by atoms with E-state index in [2.05, 4.69) is 10.6 Å². The Morgan fingerprint density at radius 3 is 2.29 bits per heavy atom. The van der Waals surface area contributed by atoms with Gasteiger partial charge >= 0.3 is 0 Å². The molecule has 1 unspecified atom stereocenters. The molecule has 1 atom stereocenters. The lowest BCUT2D eigenvalue weighted by Crippen LogP contribution is -2.29. The molecule has 0 fully saturated rings. The summed E-state index contributed by atoms with van der Waals surface area (Å²) in [6, 6.07) is 11.9. The van der Waals surface area contributed by atoms with Gasteiger partial charge in [-0.05, 0) is 42.3 Å². The third kappa shape index (κ3) is 5.25. The van der Waals surface area contributed by atoms with Crippen molar-refractivity contribution in [2.45, 2.75) is 26.3 Å². The molecule has 2 aromatic carbocycles. The average Bonchev–Trinajstić information content (AvgIpc) is 2.50. The Balaban J connectivity index is 2.13. The number of carbonyl (C=O) groups is 2. The normalized spacial score (nSPS) is 11.7. The summed E-state index contributed by atoms with van der Waals surface area (Å²) >= 11 is 11.9. The second-order valence-electron chi connectivity index (χ2n) is 5.52. The first-order valence-corrected chi connectivity index (χ1v) is 8.19. The van der Waals surface area contributed by atoms with Gasteiger partial charge in [0.1, 0.15) is 0 Å². The second kappa shape index (κ2) is 8.18. The summed E-state index contributed by atoms with van der Waals surface area (Å²) in [7, 11) is 0. The van der Waals surface area contributed by atoms with Crippen molar-refractivity contribution < 1.29 is 9.59 Å². The Morgan fingerprint density at radius 1 is 1.04 bits per heavy atom. The molecule has 4 nitrogen and oxygen atoms in total. The zero-order valence-electron chi connectivity index (χ0n) is 13.4. The molecule has 126 valence electrons. The number of anilines is 1. The van der Waals surface area contributed by atoms with E-state index in [0.717, 1.165) is 11.1 Å². The van der Waals surface area contributed by atoms with Crippen LogP contribution in [-0.2, 0) is 9.59 Å². The molecule has 0 aliphatic heterocycles. The minimum absolute atomic E-state index is 0.104. The highest BCUT2D eigenvalue weighted by molar-refractivity contribution is 6.31. The molecular formula is C18H18Cl2N2O2. The molecule has 0 saturated heterocycles. The number of carbonyl (C=O) groups excluding carboxylic acids is 2. The van der Waals surface area contributed by atoms with Crippen LogP contribution in [0.15, 0.2) is 42.5 Å². The van der Waals surface area contributed by atoms with Gasteiger partial charge in [-0.3, -0.25) is 9.59 Å². The molecule has 0 heterocycles. The number of nitrogens with one attached hydrogen (secondary N) is 2. The van der Waals surface area contributed by atoms with E-state index in [4.69, 9.17) is 23.2 Å². The van der Waals surface area contributed by atoms with Crippen LogP contribution in [0.5, 0.6) is 0 Å². The Hall–Kier alpha value is -2.04. The molecule has 0 saturated carbocycles. The molecule has 24 heavy (non-hydrogen) atoms. The van der Waals surface area contributed by atoms with Gasteiger partial charge in [0.15, 0.2) is 0 Å². The Kier molecular flexibility index (Phi) is 6.23. The first kappa shape index (κ1) is 18.3. The first-order valence-electron chi connectivity index (χ1n) is 7.43. The van der Waals surface area contributed by atoms with Crippen molar-refractivity contribution in [3.05, 3.63) is 63.6 Å². The smallest absolute Gasteiger partial charge is 0.226 e. The molecule has 0 radical (unpaired) electrons. The lowest BCUT2D eigenvalue weighted by atomic mass is 10.0. The summed E-state index contributed by atoms with van der Waals surface area (Å²) in [5, 5.41) is 6.77. The molecule has 0 aliphatic rings. The molecule has 2 rings (SSSR count). The van der Waals surface area contributed by atoms with E-state index in [1.807, 2.05) is 13.0 Å². The number of benzene rings is 2. The Labute approximate surface area is 151 Å². The molecule has 2 N–H and O–H groups in total. The van der Waals surface area contributed by atoms with Crippen LogP contribution < -0.4 is 10.6 Å². The van der Waals surface area contributed by atoms with Crippen molar-refractivity contribution in [1.82, 2.24) is 5.32 Å². The zero-order chi connectivity index (χ0) is 17.7. The summed E-state index contributed by atoms with van der Waals surface area (Å²) in [6.07, 6.45) is 0.104. The third-order valence-corrected chi connectivity index (χ3v) is 4.00. The quantitative estimate of drug-likeness (QED) is 0.819. The second-order valence-corrected chi connectivity index (χ2v) is 6.39. The fourth-order valence-corrected chi connectivity index (χ4v) is 2.61. The lowest BCUT2D eigenvalue weighted by molar-refractivity contribution is -0.120. The molecule has 2 aromatic rings.